The molecule has 1 aliphatic rings. The first-order chi connectivity index (χ1) is 10.2. The van der Waals surface area contributed by atoms with Crippen LogP contribution in [0, 0.1) is 12.8 Å². The molecule has 21 heavy (non-hydrogen) atoms. The van der Waals surface area contributed by atoms with Crippen LogP contribution in [0.3, 0.4) is 0 Å². The molecule has 0 atom stereocenters. The zero-order valence-corrected chi connectivity index (χ0v) is 13.4. The first kappa shape index (κ1) is 16.0. The predicted octanol–water partition coefficient (Wildman–Crippen LogP) is 3.17. The molecule has 1 aliphatic carbocycles. The maximum absolute atomic E-state index is 5.86. The van der Waals surface area contributed by atoms with Crippen molar-refractivity contribution in [1.82, 2.24) is 5.32 Å². The largest absolute Gasteiger partial charge is 0.493 e. The fourth-order valence-electron chi connectivity index (χ4n) is 2.90. The number of nitrogens with one attached hydrogen (secondary N) is 1. The molecule has 0 heterocycles. The monoisotopic (exact) mass is 293 g/mol. The molecule has 0 radical (unpaired) electrons. The average molecular weight is 293 g/mol. The second-order valence-corrected chi connectivity index (χ2v) is 5.70. The van der Waals surface area contributed by atoms with Gasteiger partial charge in [0.2, 0.25) is 5.75 Å². The van der Waals surface area contributed by atoms with E-state index in [1.165, 1.54) is 25.7 Å². The molecule has 0 bridgehead atoms. The summed E-state index contributed by atoms with van der Waals surface area (Å²) in [5.41, 5.74) is 1.09. The van der Waals surface area contributed by atoms with Gasteiger partial charge in [-0.15, -0.1) is 0 Å². The SMILES string of the molecule is COc1cc(C)cc(OC)c1OCCNCC1CCCC1. The predicted molar refractivity (Wildman–Crippen MR) is 84.6 cm³/mol. The van der Waals surface area contributed by atoms with Crippen molar-refractivity contribution < 1.29 is 14.2 Å². The van der Waals surface area contributed by atoms with E-state index in [-0.39, 0.29) is 0 Å². The van der Waals surface area contributed by atoms with Gasteiger partial charge in [0.05, 0.1) is 14.2 Å². The minimum absolute atomic E-state index is 0.614. The van der Waals surface area contributed by atoms with Crippen molar-refractivity contribution in [3.63, 3.8) is 0 Å². The number of methoxy groups -OCH3 is 2. The van der Waals surface area contributed by atoms with Gasteiger partial charge in [-0.1, -0.05) is 12.8 Å². The van der Waals surface area contributed by atoms with Gasteiger partial charge in [-0.3, -0.25) is 0 Å². The standard InChI is InChI=1S/C17H27NO3/c1-13-10-15(19-2)17(16(11-13)20-3)21-9-8-18-12-14-6-4-5-7-14/h10-11,14,18H,4-9,12H2,1-3H3. The van der Waals surface area contributed by atoms with Crippen LogP contribution in [-0.4, -0.2) is 33.9 Å². The lowest BCUT2D eigenvalue weighted by Crippen LogP contribution is -2.26. The Labute approximate surface area is 127 Å². The van der Waals surface area contributed by atoms with Gasteiger partial charge in [0.25, 0.3) is 0 Å². The highest BCUT2D eigenvalue weighted by atomic mass is 16.5. The Hall–Kier alpha value is -1.42. The molecule has 0 unspecified atom stereocenters. The highest BCUT2D eigenvalue weighted by Crippen LogP contribution is 2.38. The van der Waals surface area contributed by atoms with E-state index in [9.17, 15) is 0 Å². The molecule has 1 saturated carbocycles. The summed E-state index contributed by atoms with van der Waals surface area (Å²) < 4.78 is 16.6. The van der Waals surface area contributed by atoms with Crippen LogP contribution < -0.4 is 19.5 Å². The normalized spacial score (nSPS) is 15.2. The molecule has 1 fully saturated rings. The molecule has 0 spiro atoms. The summed E-state index contributed by atoms with van der Waals surface area (Å²) in [6, 6.07) is 3.92. The molecule has 0 saturated heterocycles. The highest BCUT2D eigenvalue weighted by Gasteiger charge is 2.15. The molecule has 0 amide bonds. The zero-order valence-electron chi connectivity index (χ0n) is 13.4. The fraction of sp³-hybridized carbons (Fsp3) is 0.647. The van der Waals surface area contributed by atoms with E-state index < -0.39 is 0 Å². The first-order valence-corrected chi connectivity index (χ1v) is 7.80. The van der Waals surface area contributed by atoms with E-state index in [4.69, 9.17) is 14.2 Å². The van der Waals surface area contributed by atoms with E-state index in [1.807, 2.05) is 19.1 Å². The van der Waals surface area contributed by atoms with Crippen LogP contribution in [0.5, 0.6) is 17.2 Å². The van der Waals surface area contributed by atoms with Crippen LogP contribution in [0.25, 0.3) is 0 Å². The molecule has 2 rings (SSSR count). The Balaban J connectivity index is 1.81. The Morgan fingerprint density at radius 3 is 2.29 bits per heavy atom. The maximum Gasteiger partial charge on any atom is 0.203 e. The van der Waals surface area contributed by atoms with Crippen LogP contribution in [0.15, 0.2) is 12.1 Å². The number of rotatable bonds is 8. The summed E-state index contributed by atoms with van der Waals surface area (Å²) in [6.07, 6.45) is 5.52. The minimum atomic E-state index is 0.614. The summed E-state index contributed by atoms with van der Waals surface area (Å²) in [7, 11) is 3.30. The number of benzene rings is 1. The van der Waals surface area contributed by atoms with Gasteiger partial charge in [-0.2, -0.15) is 0 Å². The van der Waals surface area contributed by atoms with Crippen molar-refractivity contribution in [2.75, 3.05) is 33.9 Å². The topological polar surface area (TPSA) is 39.7 Å². The third-order valence-electron chi connectivity index (χ3n) is 4.04. The third-order valence-corrected chi connectivity index (χ3v) is 4.04. The molecule has 4 nitrogen and oxygen atoms in total. The highest BCUT2D eigenvalue weighted by molar-refractivity contribution is 5.53. The lowest BCUT2D eigenvalue weighted by atomic mass is 10.1. The number of aryl methyl sites for hydroxylation is 1. The Kier molecular flexibility index (Phi) is 6.18. The summed E-state index contributed by atoms with van der Waals surface area (Å²) in [5, 5.41) is 3.48. The first-order valence-electron chi connectivity index (χ1n) is 7.80. The zero-order chi connectivity index (χ0) is 15.1. The quantitative estimate of drug-likeness (QED) is 0.747. The van der Waals surface area contributed by atoms with E-state index in [0.29, 0.717) is 12.4 Å². The van der Waals surface area contributed by atoms with Crippen LogP contribution in [0.4, 0.5) is 0 Å². The molecule has 4 heteroatoms. The Morgan fingerprint density at radius 2 is 1.71 bits per heavy atom. The molecule has 1 N–H and O–H groups in total. The third kappa shape index (κ3) is 4.53. The molecular weight excluding hydrogens is 266 g/mol. The summed E-state index contributed by atoms with van der Waals surface area (Å²) >= 11 is 0. The van der Waals surface area contributed by atoms with E-state index in [1.54, 1.807) is 14.2 Å². The average Bonchev–Trinajstić information content (AvgIpc) is 3.00. The second-order valence-electron chi connectivity index (χ2n) is 5.70. The van der Waals surface area contributed by atoms with E-state index >= 15 is 0 Å². The van der Waals surface area contributed by atoms with Crippen molar-refractivity contribution in [2.24, 2.45) is 5.92 Å². The van der Waals surface area contributed by atoms with Gasteiger partial charge in [0.15, 0.2) is 11.5 Å². The van der Waals surface area contributed by atoms with Gasteiger partial charge >= 0.3 is 0 Å². The number of hydrogen-bond acceptors (Lipinski definition) is 4. The molecule has 0 aromatic heterocycles. The second kappa shape index (κ2) is 8.13. The maximum atomic E-state index is 5.86. The van der Waals surface area contributed by atoms with Crippen molar-refractivity contribution in [2.45, 2.75) is 32.6 Å². The van der Waals surface area contributed by atoms with Crippen LogP contribution in [-0.2, 0) is 0 Å². The molecular formula is C17H27NO3. The Bertz CT molecular complexity index is 417. The van der Waals surface area contributed by atoms with E-state index in [2.05, 4.69) is 5.32 Å². The van der Waals surface area contributed by atoms with Gasteiger partial charge in [0.1, 0.15) is 6.61 Å². The van der Waals surface area contributed by atoms with Crippen molar-refractivity contribution in [1.29, 1.82) is 0 Å². The van der Waals surface area contributed by atoms with E-state index in [0.717, 1.165) is 36.1 Å². The van der Waals surface area contributed by atoms with Crippen LogP contribution in [0.1, 0.15) is 31.2 Å². The molecule has 1 aromatic rings. The van der Waals surface area contributed by atoms with Crippen molar-refractivity contribution in [3.05, 3.63) is 17.7 Å². The molecule has 118 valence electrons. The lowest BCUT2D eigenvalue weighted by Gasteiger charge is -2.16. The fourth-order valence-corrected chi connectivity index (χ4v) is 2.90. The van der Waals surface area contributed by atoms with Crippen molar-refractivity contribution in [3.8, 4) is 17.2 Å². The van der Waals surface area contributed by atoms with Gasteiger partial charge < -0.3 is 19.5 Å². The van der Waals surface area contributed by atoms with Gasteiger partial charge in [-0.25, -0.2) is 0 Å². The number of ether oxygens (including phenoxy) is 3. The van der Waals surface area contributed by atoms with Crippen LogP contribution >= 0.6 is 0 Å². The Morgan fingerprint density at radius 1 is 1.10 bits per heavy atom. The summed E-state index contributed by atoms with van der Waals surface area (Å²) in [6.45, 7) is 4.57. The molecule has 0 aliphatic heterocycles. The van der Waals surface area contributed by atoms with Crippen LogP contribution in [0.2, 0.25) is 0 Å². The molecule has 1 aromatic carbocycles. The smallest absolute Gasteiger partial charge is 0.203 e. The minimum Gasteiger partial charge on any atom is -0.493 e. The van der Waals surface area contributed by atoms with Crippen molar-refractivity contribution >= 4 is 0 Å². The number of hydrogen-bond donors (Lipinski definition) is 1. The van der Waals surface area contributed by atoms with Gasteiger partial charge in [-0.05, 0) is 49.9 Å². The lowest BCUT2D eigenvalue weighted by molar-refractivity contribution is 0.271. The summed E-state index contributed by atoms with van der Waals surface area (Å²) in [5.74, 6) is 2.99. The van der Waals surface area contributed by atoms with Gasteiger partial charge in [0, 0.05) is 6.54 Å². The summed E-state index contributed by atoms with van der Waals surface area (Å²) in [4.78, 5) is 0.